The summed E-state index contributed by atoms with van der Waals surface area (Å²) in [5, 5.41) is 17.2. The van der Waals surface area contributed by atoms with Crippen molar-refractivity contribution in [3.8, 4) is 11.8 Å². The first-order valence-corrected chi connectivity index (χ1v) is 20.0. The van der Waals surface area contributed by atoms with Crippen molar-refractivity contribution in [3.63, 3.8) is 0 Å². The van der Waals surface area contributed by atoms with Crippen LogP contribution in [0.5, 0.6) is 0 Å². The molecule has 5 nitrogen and oxygen atoms in total. The van der Waals surface area contributed by atoms with Crippen LogP contribution in [0.1, 0.15) is 215 Å². The van der Waals surface area contributed by atoms with Gasteiger partial charge in [0.05, 0.1) is 0 Å². The van der Waals surface area contributed by atoms with Crippen molar-refractivity contribution in [2.45, 2.75) is 207 Å². The minimum Gasteiger partial charge on any atom is -0.477 e. The average Bonchev–Trinajstić information content (AvgIpc) is 3.43. The quantitative estimate of drug-likeness (QED) is 0.0342. The van der Waals surface area contributed by atoms with Crippen molar-refractivity contribution in [3.05, 3.63) is 35.2 Å². The number of aryl methyl sites for hydroxylation is 1. The minimum absolute atomic E-state index is 0.289. The maximum atomic E-state index is 10.4. The maximum absolute atomic E-state index is 10.4. The summed E-state index contributed by atoms with van der Waals surface area (Å²) in [5.41, 5.74) is 2.09. The summed E-state index contributed by atoms with van der Waals surface area (Å²) >= 11 is 0. The fraction of sp³-hybridized carbons (Fsp3) is 0.767. The van der Waals surface area contributed by atoms with Crippen molar-refractivity contribution in [1.82, 2.24) is 4.98 Å². The van der Waals surface area contributed by atoms with Crippen molar-refractivity contribution >= 4 is 12.3 Å². The van der Waals surface area contributed by atoms with E-state index in [4.69, 9.17) is 10.2 Å². The third kappa shape index (κ3) is 36.5. The van der Waals surface area contributed by atoms with E-state index in [2.05, 4.69) is 42.8 Å². The molecule has 0 unspecified atom stereocenters. The van der Waals surface area contributed by atoms with Crippen LogP contribution in [0.15, 0.2) is 18.3 Å². The third-order valence-electron chi connectivity index (χ3n) is 8.69. The molecular weight excluding hydrogens is 594 g/mol. The highest BCUT2D eigenvalue weighted by Crippen LogP contribution is 2.13. The second-order valence-corrected chi connectivity index (χ2v) is 13.3. The average molecular weight is 672 g/mol. The van der Waals surface area contributed by atoms with Crippen molar-refractivity contribution in [1.29, 1.82) is 0 Å². The van der Waals surface area contributed by atoms with Gasteiger partial charge in [0.15, 0.2) is 0 Å². The fourth-order valence-electron chi connectivity index (χ4n) is 5.28. The van der Waals surface area contributed by atoms with Gasteiger partial charge in [0.2, 0.25) is 0 Å². The normalized spacial score (nSPS) is 10.5. The molecule has 1 aromatic heterocycles. The van der Waals surface area contributed by atoms with Gasteiger partial charge in [-0.3, -0.25) is 0 Å². The fourth-order valence-corrected chi connectivity index (χ4v) is 5.28. The molecule has 0 spiro atoms. The number of carboxylic acid groups (broad SMARTS) is 1. The Morgan fingerprint density at radius 1 is 0.625 bits per heavy atom. The molecule has 48 heavy (non-hydrogen) atoms. The van der Waals surface area contributed by atoms with E-state index >= 15 is 0 Å². The molecular formula is C43H77NO4. The zero-order valence-corrected chi connectivity index (χ0v) is 32.0. The third-order valence-corrected chi connectivity index (χ3v) is 8.69. The molecule has 0 radical (unpaired) electrons. The Kier molecular flexibility index (Phi) is 40.7. The van der Waals surface area contributed by atoms with Gasteiger partial charge in [0.1, 0.15) is 12.0 Å². The van der Waals surface area contributed by atoms with Crippen molar-refractivity contribution in [2.24, 2.45) is 0 Å². The number of rotatable bonds is 29. The molecule has 0 saturated heterocycles. The van der Waals surface area contributed by atoms with Crippen LogP contribution in [0, 0.1) is 25.7 Å². The van der Waals surface area contributed by atoms with Crippen molar-refractivity contribution in [2.75, 3.05) is 6.61 Å². The molecule has 1 rings (SSSR count). The van der Waals surface area contributed by atoms with Gasteiger partial charge in [-0.05, 0) is 69.9 Å². The zero-order valence-electron chi connectivity index (χ0n) is 32.0. The first-order valence-electron chi connectivity index (χ1n) is 20.0. The van der Waals surface area contributed by atoms with E-state index in [1.807, 2.05) is 6.92 Å². The van der Waals surface area contributed by atoms with Gasteiger partial charge in [-0.1, -0.05) is 142 Å². The molecule has 0 aromatic carbocycles. The Bertz CT molecular complexity index is 908. The smallest absolute Gasteiger partial charge is 0.352 e. The number of aromatic nitrogens is 1. The highest BCUT2D eigenvalue weighted by atomic mass is 16.4. The Morgan fingerprint density at radius 2 is 1.04 bits per heavy atom. The van der Waals surface area contributed by atoms with Crippen LogP contribution in [0.25, 0.3) is 0 Å². The molecule has 0 amide bonds. The number of H-pyrrole nitrogens is 1. The van der Waals surface area contributed by atoms with Gasteiger partial charge in [0.25, 0.3) is 0 Å². The van der Waals surface area contributed by atoms with Crippen molar-refractivity contribution < 1.29 is 19.8 Å². The number of unbranched alkanes of at least 4 members (excludes halogenated alkanes) is 24. The number of aldehydes is 1. The molecule has 0 fully saturated rings. The summed E-state index contributed by atoms with van der Waals surface area (Å²) in [4.78, 5) is 23.2. The van der Waals surface area contributed by atoms with Crippen LogP contribution < -0.4 is 0 Å². The summed E-state index contributed by atoms with van der Waals surface area (Å²) in [7, 11) is 0. The molecule has 278 valence electrons. The maximum Gasteiger partial charge on any atom is 0.352 e. The van der Waals surface area contributed by atoms with Crippen LogP contribution in [-0.2, 0) is 4.79 Å². The number of hydrogen-bond acceptors (Lipinski definition) is 3. The van der Waals surface area contributed by atoms with E-state index in [-0.39, 0.29) is 5.69 Å². The number of nitrogens with one attached hydrogen (secondary N) is 1. The Labute approximate surface area is 297 Å². The molecule has 0 saturated carbocycles. The van der Waals surface area contributed by atoms with E-state index in [9.17, 15) is 9.59 Å². The number of carboxylic acids is 1. The van der Waals surface area contributed by atoms with E-state index in [0.29, 0.717) is 6.61 Å². The topological polar surface area (TPSA) is 90.4 Å². The number of hydrogen-bond donors (Lipinski definition) is 3. The number of aromatic amines is 1. The summed E-state index contributed by atoms with van der Waals surface area (Å²) < 4.78 is 0. The largest absolute Gasteiger partial charge is 0.477 e. The SMILES string of the molecule is CCCCC#CCCCCCCCCCCCCO.CCCCC=CCCCCCCCCCCCC=O.Cc1c[nH]c(C(=O)O)c1C. The Balaban J connectivity index is 0. The summed E-state index contributed by atoms with van der Waals surface area (Å²) in [6, 6.07) is 0. The Hall–Kier alpha value is -2.32. The summed E-state index contributed by atoms with van der Waals surface area (Å²) in [6.07, 6.45) is 43.0. The van der Waals surface area contributed by atoms with Crippen LogP contribution in [0.3, 0.4) is 0 Å². The first kappa shape index (κ1) is 47.8. The number of aliphatic hydroxyl groups is 1. The van der Waals surface area contributed by atoms with Gasteiger partial charge < -0.3 is 20.0 Å². The highest BCUT2D eigenvalue weighted by molar-refractivity contribution is 5.87. The minimum atomic E-state index is -0.898. The Morgan fingerprint density at radius 3 is 1.44 bits per heavy atom. The number of aliphatic hydroxyl groups excluding tert-OH is 1. The van der Waals surface area contributed by atoms with Crippen LogP contribution in [0.2, 0.25) is 0 Å². The molecule has 0 aliphatic carbocycles. The summed E-state index contributed by atoms with van der Waals surface area (Å²) in [6.45, 7) is 8.49. The predicted octanol–water partition coefficient (Wildman–Crippen LogP) is 13.0. The highest BCUT2D eigenvalue weighted by Gasteiger charge is 2.09. The monoisotopic (exact) mass is 672 g/mol. The lowest BCUT2D eigenvalue weighted by molar-refractivity contribution is -0.107. The second kappa shape index (κ2) is 40.9. The van der Waals surface area contributed by atoms with Gasteiger partial charge in [-0.15, -0.1) is 11.8 Å². The van der Waals surface area contributed by atoms with E-state index in [1.165, 1.54) is 148 Å². The van der Waals surface area contributed by atoms with Gasteiger partial charge >= 0.3 is 5.97 Å². The lowest BCUT2D eigenvalue weighted by Gasteiger charge is -2.01. The molecule has 3 N–H and O–H groups in total. The molecule has 0 atom stereocenters. The number of allylic oxidation sites excluding steroid dienone is 2. The van der Waals surface area contributed by atoms with Crippen LogP contribution >= 0.6 is 0 Å². The molecule has 0 aliphatic heterocycles. The molecule has 1 heterocycles. The predicted molar refractivity (Wildman–Crippen MR) is 208 cm³/mol. The molecule has 5 heteroatoms. The first-order chi connectivity index (χ1) is 23.5. The van der Waals surface area contributed by atoms with Gasteiger partial charge in [-0.25, -0.2) is 4.79 Å². The standard InChI is InChI=1S/2C18H34O.C7H9NO2/c2*1-2-3-4-5-6-7-8-9-10-11-12-13-14-15-16-17-18-19;1-4-3-8-6(5(4)2)7(9)10/h19H,2-4,7-18H2,1H3;5-6,18H,2-4,7-17H2,1H3;3,8H,1-2H3,(H,9,10). The number of carbonyl (C=O) groups is 2. The van der Waals surface area contributed by atoms with E-state index < -0.39 is 5.97 Å². The van der Waals surface area contributed by atoms with Crippen LogP contribution in [-0.4, -0.2) is 34.1 Å². The van der Waals surface area contributed by atoms with Crippen LogP contribution in [0.4, 0.5) is 0 Å². The van der Waals surface area contributed by atoms with Gasteiger partial charge in [-0.2, -0.15) is 0 Å². The molecule has 0 aliphatic rings. The number of aromatic carboxylic acids is 1. The molecule has 0 bridgehead atoms. The summed E-state index contributed by atoms with van der Waals surface area (Å²) in [5.74, 6) is 5.64. The van der Waals surface area contributed by atoms with Gasteiger partial charge in [0, 0.05) is 32.1 Å². The lowest BCUT2D eigenvalue weighted by atomic mass is 10.1. The van der Waals surface area contributed by atoms with E-state index in [1.54, 1.807) is 13.1 Å². The lowest BCUT2D eigenvalue weighted by Crippen LogP contribution is -1.98. The van der Waals surface area contributed by atoms with E-state index in [0.717, 1.165) is 49.5 Å². The zero-order chi connectivity index (χ0) is 35.8. The molecule has 1 aromatic rings. The second-order valence-electron chi connectivity index (χ2n) is 13.3. The number of carbonyl (C=O) groups excluding carboxylic acids is 1.